The number of ether oxygens (including phenoxy) is 1. The molecule has 0 aromatic carbocycles. The van der Waals surface area contributed by atoms with E-state index in [4.69, 9.17) is 5.26 Å². The van der Waals surface area contributed by atoms with E-state index in [0.717, 1.165) is 25.7 Å². The first-order valence-corrected chi connectivity index (χ1v) is 4.87. The van der Waals surface area contributed by atoms with Gasteiger partial charge in [0.1, 0.15) is 0 Å². The van der Waals surface area contributed by atoms with Crippen molar-refractivity contribution in [3.63, 3.8) is 0 Å². The van der Waals surface area contributed by atoms with E-state index in [9.17, 15) is 4.79 Å². The molecule has 1 fully saturated rings. The summed E-state index contributed by atoms with van der Waals surface area (Å²) in [6.07, 6.45) is 3.41. The number of alkyl carbamates (subject to hydrolysis) is 1. The molecule has 2 N–H and O–H groups in total. The Kier molecular flexibility index (Phi) is 4.69. The van der Waals surface area contributed by atoms with Crippen molar-refractivity contribution in [2.24, 2.45) is 5.92 Å². The van der Waals surface area contributed by atoms with Crippen LogP contribution in [-0.2, 0) is 9.62 Å². The number of nitrogens with one attached hydrogen (secondary N) is 1. The number of hydrogen-bond acceptors (Lipinski definition) is 4. The van der Waals surface area contributed by atoms with E-state index in [1.54, 1.807) is 0 Å². The molecule has 0 aliphatic heterocycles. The van der Waals surface area contributed by atoms with Gasteiger partial charge in [-0.05, 0) is 31.6 Å². The predicted octanol–water partition coefficient (Wildman–Crippen LogP) is 1.39. The lowest BCUT2D eigenvalue weighted by Gasteiger charge is -2.27. The first kappa shape index (κ1) is 11.3. The number of amides is 1. The van der Waals surface area contributed by atoms with Crippen molar-refractivity contribution in [2.75, 3.05) is 13.7 Å². The van der Waals surface area contributed by atoms with Gasteiger partial charge in [0.25, 0.3) is 0 Å². The molecule has 1 aliphatic rings. The smallest absolute Gasteiger partial charge is 0.407 e. The highest BCUT2D eigenvalue weighted by Gasteiger charge is 2.22. The third-order valence-electron chi connectivity index (χ3n) is 2.66. The van der Waals surface area contributed by atoms with E-state index < -0.39 is 0 Å². The summed E-state index contributed by atoms with van der Waals surface area (Å²) in [6, 6.07) is 0.206. The number of carbonyl (C=O) groups excluding carboxylic acids is 1. The summed E-state index contributed by atoms with van der Waals surface area (Å²) in [4.78, 5) is 15.0. The van der Waals surface area contributed by atoms with Crippen LogP contribution < -0.4 is 5.32 Å². The van der Waals surface area contributed by atoms with Crippen molar-refractivity contribution in [3.8, 4) is 0 Å². The molecule has 0 saturated heterocycles. The molecule has 1 rings (SSSR count). The van der Waals surface area contributed by atoms with Crippen molar-refractivity contribution in [3.05, 3.63) is 0 Å². The van der Waals surface area contributed by atoms with E-state index in [2.05, 4.69) is 14.9 Å². The Bertz CT molecular complexity index is 178. The van der Waals surface area contributed by atoms with Gasteiger partial charge < -0.3 is 10.1 Å². The van der Waals surface area contributed by atoms with Gasteiger partial charge in [-0.2, -0.15) is 0 Å². The standard InChI is InChI=1S/C9H17NO4/c1-13-9(11)10-8-4-2-7(3-5-8)6-14-12/h7-8,12H,2-6H2,1H3,(H,10,11). The summed E-state index contributed by atoms with van der Waals surface area (Å²) in [7, 11) is 1.36. The molecule has 0 heterocycles. The molecule has 0 spiro atoms. The van der Waals surface area contributed by atoms with E-state index in [1.807, 2.05) is 0 Å². The number of carbonyl (C=O) groups is 1. The molecule has 1 aliphatic carbocycles. The van der Waals surface area contributed by atoms with Gasteiger partial charge in [0.05, 0.1) is 13.7 Å². The maximum atomic E-state index is 10.9. The van der Waals surface area contributed by atoms with Crippen LogP contribution >= 0.6 is 0 Å². The average Bonchev–Trinajstić information content (AvgIpc) is 2.21. The highest BCUT2D eigenvalue weighted by molar-refractivity contribution is 5.67. The second-order valence-electron chi connectivity index (χ2n) is 3.65. The third-order valence-corrected chi connectivity index (χ3v) is 2.66. The van der Waals surface area contributed by atoms with E-state index >= 15 is 0 Å². The fourth-order valence-corrected chi connectivity index (χ4v) is 1.80. The van der Waals surface area contributed by atoms with Crippen LogP contribution in [0.15, 0.2) is 0 Å². The van der Waals surface area contributed by atoms with Crippen molar-refractivity contribution >= 4 is 6.09 Å². The van der Waals surface area contributed by atoms with E-state index in [1.165, 1.54) is 7.11 Å². The lowest BCUT2D eigenvalue weighted by molar-refractivity contribution is -0.252. The number of hydrogen-bond donors (Lipinski definition) is 2. The zero-order chi connectivity index (χ0) is 10.4. The molecular formula is C9H17NO4. The van der Waals surface area contributed by atoms with Gasteiger partial charge >= 0.3 is 6.09 Å². The Morgan fingerprint density at radius 3 is 2.57 bits per heavy atom. The van der Waals surface area contributed by atoms with Gasteiger partial charge in [-0.1, -0.05) is 0 Å². The minimum absolute atomic E-state index is 0.206. The molecule has 14 heavy (non-hydrogen) atoms. The second kappa shape index (κ2) is 5.82. The van der Waals surface area contributed by atoms with E-state index in [0.29, 0.717) is 12.5 Å². The van der Waals surface area contributed by atoms with Crippen molar-refractivity contribution in [2.45, 2.75) is 31.7 Å². The third kappa shape index (κ3) is 3.51. The molecule has 0 aromatic rings. The van der Waals surface area contributed by atoms with Gasteiger partial charge in [-0.15, -0.1) is 0 Å². The molecule has 0 radical (unpaired) electrons. The molecule has 0 atom stereocenters. The minimum Gasteiger partial charge on any atom is -0.453 e. The maximum absolute atomic E-state index is 10.9. The molecule has 0 bridgehead atoms. The maximum Gasteiger partial charge on any atom is 0.407 e. The molecule has 0 aromatic heterocycles. The molecule has 5 nitrogen and oxygen atoms in total. The number of rotatable bonds is 3. The Hall–Kier alpha value is -0.810. The zero-order valence-corrected chi connectivity index (χ0v) is 8.36. The zero-order valence-electron chi connectivity index (χ0n) is 8.36. The van der Waals surface area contributed by atoms with Gasteiger partial charge in [0.2, 0.25) is 0 Å². The lowest BCUT2D eigenvalue weighted by atomic mass is 9.87. The van der Waals surface area contributed by atoms with Crippen molar-refractivity contribution in [1.29, 1.82) is 0 Å². The highest BCUT2D eigenvalue weighted by atomic mass is 17.1. The van der Waals surface area contributed by atoms with E-state index in [-0.39, 0.29) is 12.1 Å². The average molecular weight is 203 g/mol. The van der Waals surface area contributed by atoms with Crippen LogP contribution in [0.3, 0.4) is 0 Å². The largest absolute Gasteiger partial charge is 0.453 e. The Morgan fingerprint density at radius 2 is 2.07 bits per heavy atom. The topological polar surface area (TPSA) is 67.8 Å². The van der Waals surface area contributed by atoms with Crippen LogP contribution in [0.2, 0.25) is 0 Å². The van der Waals surface area contributed by atoms with Crippen LogP contribution in [0, 0.1) is 5.92 Å². The number of methoxy groups -OCH3 is 1. The summed E-state index contributed by atoms with van der Waals surface area (Å²) in [5.41, 5.74) is 0. The fraction of sp³-hybridized carbons (Fsp3) is 0.889. The first-order chi connectivity index (χ1) is 6.76. The normalized spacial score (nSPS) is 27.0. The summed E-state index contributed by atoms with van der Waals surface area (Å²) >= 11 is 0. The summed E-state index contributed by atoms with van der Waals surface area (Å²) < 4.78 is 4.51. The van der Waals surface area contributed by atoms with Crippen LogP contribution in [0.1, 0.15) is 25.7 Å². The summed E-state index contributed by atoms with van der Waals surface area (Å²) in [5, 5.41) is 11.0. The molecule has 82 valence electrons. The van der Waals surface area contributed by atoms with Crippen molar-refractivity contribution in [1.82, 2.24) is 5.32 Å². The summed E-state index contributed by atoms with van der Waals surface area (Å²) in [6.45, 7) is 0.394. The Morgan fingerprint density at radius 1 is 1.43 bits per heavy atom. The summed E-state index contributed by atoms with van der Waals surface area (Å²) in [5.74, 6) is 0.413. The Balaban J connectivity index is 2.18. The first-order valence-electron chi connectivity index (χ1n) is 4.87. The highest BCUT2D eigenvalue weighted by Crippen LogP contribution is 2.24. The molecule has 0 unspecified atom stereocenters. The van der Waals surface area contributed by atoms with Gasteiger partial charge in [-0.3, -0.25) is 5.26 Å². The van der Waals surface area contributed by atoms with Crippen LogP contribution in [-0.4, -0.2) is 31.1 Å². The quantitative estimate of drug-likeness (QED) is 0.537. The van der Waals surface area contributed by atoms with Crippen LogP contribution in [0.25, 0.3) is 0 Å². The van der Waals surface area contributed by atoms with Gasteiger partial charge in [0.15, 0.2) is 0 Å². The van der Waals surface area contributed by atoms with Crippen LogP contribution in [0.4, 0.5) is 4.79 Å². The van der Waals surface area contributed by atoms with Crippen molar-refractivity contribution < 1.29 is 19.7 Å². The Labute approximate surface area is 83.3 Å². The molecule has 1 amide bonds. The SMILES string of the molecule is COC(=O)NC1CCC(COO)CC1. The fourth-order valence-electron chi connectivity index (χ4n) is 1.80. The van der Waals surface area contributed by atoms with Crippen LogP contribution in [0.5, 0.6) is 0 Å². The van der Waals surface area contributed by atoms with Gasteiger partial charge in [0, 0.05) is 6.04 Å². The van der Waals surface area contributed by atoms with Gasteiger partial charge in [-0.25, -0.2) is 9.68 Å². The monoisotopic (exact) mass is 203 g/mol. The molecule has 1 saturated carbocycles. The molecular weight excluding hydrogens is 186 g/mol. The minimum atomic E-state index is -0.369. The predicted molar refractivity (Wildman–Crippen MR) is 49.9 cm³/mol. The second-order valence-corrected chi connectivity index (χ2v) is 3.65. The molecule has 5 heteroatoms. The lowest BCUT2D eigenvalue weighted by Crippen LogP contribution is -2.38.